The van der Waals surface area contributed by atoms with E-state index in [4.69, 9.17) is 4.74 Å². The highest BCUT2D eigenvalue weighted by Gasteiger charge is 2.22. The van der Waals surface area contributed by atoms with Gasteiger partial charge in [-0.25, -0.2) is 0 Å². The first-order valence-electron chi connectivity index (χ1n) is 8.06. The van der Waals surface area contributed by atoms with E-state index in [1.165, 1.54) is 5.56 Å². The number of ether oxygens (including phenoxy) is 1. The second-order valence-corrected chi connectivity index (χ2v) is 6.76. The molecule has 2 aromatic rings. The summed E-state index contributed by atoms with van der Waals surface area (Å²) in [5, 5.41) is 0. The van der Waals surface area contributed by atoms with Gasteiger partial charge in [-0.3, -0.25) is 9.69 Å². The molecule has 126 valence electrons. The fourth-order valence-corrected chi connectivity index (χ4v) is 3.47. The molecule has 0 bridgehead atoms. The van der Waals surface area contributed by atoms with Crippen molar-refractivity contribution in [2.24, 2.45) is 0 Å². The van der Waals surface area contributed by atoms with Gasteiger partial charge in [0.15, 0.2) is 0 Å². The van der Waals surface area contributed by atoms with Crippen molar-refractivity contribution in [2.75, 3.05) is 33.3 Å². The van der Waals surface area contributed by atoms with Crippen LogP contribution in [0.2, 0.25) is 0 Å². The van der Waals surface area contributed by atoms with Crippen LogP contribution in [0.1, 0.15) is 15.9 Å². The number of piperazine rings is 1. The number of carbonyl (C=O) groups is 1. The summed E-state index contributed by atoms with van der Waals surface area (Å²) in [7, 11) is 1.62. The summed E-state index contributed by atoms with van der Waals surface area (Å²) in [6.07, 6.45) is 0. The average molecular weight is 389 g/mol. The first-order valence-corrected chi connectivity index (χ1v) is 8.86. The predicted octanol–water partition coefficient (Wildman–Crippen LogP) is 3.42. The molecule has 1 saturated heterocycles. The van der Waals surface area contributed by atoms with Gasteiger partial charge in [0.1, 0.15) is 5.75 Å². The lowest BCUT2D eigenvalue weighted by Gasteiger charge is -2.34. The van der Waals surface area contributed by atoms with Crippen molar-refractivity contribution in [3.63, 3.8) is 0 Å². The molecule has 4 nitrogen and oxygen atoms in total. The first kappa shape index (κ1) is 17.0. The molecule has 1 fully saturated rings. The Labute approximate surface area is 151 Å². The summed E-state index contributed by atoms with van der Waals surface area (Å²) in [6.45, 7) is 4.26. The van der Waals surface area contributed by atoms with Gasteiger partial charge in [-0.05, 0) is 39.7 Å². The number of amides is 1. The van der Waals surface area contributed by atoms with Crippen LogP contribution in [0, 0.1) is 0 Å². The Kier molecular flexibility index (Phi) is 5.53. The Hall–Kier alpha value is -1.85. The zero-order chi connectivity index (χ0) is 16.9. The Morgan fingerprint density at radius 3 is 2.42 bits per heavy atom. The SMILES string of the molecule is COc1ccc(C(=O)N2CCN(Cc3ccccc3)CC2)cc1Br. The van der Waals surface area contributed by atoms with Crippen LogP contribution in [0.3, 0.4) is 0 Å². The lowest BCUT2D eigenvalue weighted by atomic mass is 10.1. The van der Waals surface area contributed by atoms with Gasteiger partial charge in [-0.15, -0.1) is 0 Å². The van der Waals surface area contributed by atoms with E-state index < -0.39 is 0 Å². The van der Waals surface area contributed by atoms with Gasteiger partial charge >= 0.3 is 0 Å². The summed E-state index contributed by atoms with van der Waals surface area (Å²) in [5.41, 5.74) is 2.01. The van der Waals surface area contributed by atoms with Gasteiger partial charge in [-0.2, -0.15) is 0 Å². The molecule has 0 aliphatic carbocycles. The summed E-state index contributed by atoms with van der Waals surface area (Å²) in [6, 6.07) is 15.9. The molecule has 2 aromatic carbocycles. The quantitative estimate of drug-likeness (QED) is 0.804. The van der Waals surface area contributed by atoms with E-state index >= 15 is 0 Å². The van der Waals surface area contributed by atoms with Gasteiger partial charge in [-0.1, -0.05) is 30.3 Å². The summed E-state index contributed by atoms with van der Waals surface area (Å²) in [4.78, 5) is 17.0. The molecule has 0 atom stereocenters. The maximum absolute atomic E-state index is 12.7. The topological polar surface area (TPSA) is 32.8 Å². The van der Waals surface area contributed by atoms with E-state index in [0.717, 1.165) is 42.9 Å². The lowest BCUT2D eigenvalue weighted by molar-refractivity contribution is 0.0628. The second kappa shape index (κ2) is 7.81. The van der Waals surface area contributed by atoms with Gasteiger partial charge in [0.25, 0.3) is 5.91 Å². The highest BCUT2D eigenvalue weighted by atomic mass is 79.9. The fourth-order valence-electron chi connectivity index (χ4n) is 2.93. The fraction of sp³-hybridized carbons (Fsp3) is 0.316. The molecule has 1 heterocycles. The smallest absolute Gasteiger partial charge is 0.253 e. The van der Waals surface area contributed by atoms with Crippen molar-refractivity contribution in [3.05, 3.63) is 64.1 Å². The van der Waals surface area contributed by atoms with Crippen LogP contribution < -0.4 is 4.74 Å². The monoisotopic (exact) mass is 388 g/mol. The van der Waals surface area contributed by atoms with Crippen molar-refractivity contribution in [1.82, 2.24) is 9.80 Å². The molecule has 0 aromatic heterocycles. The highest BCUT2D eigenvalue weighted by Crippen LogP contribution is 2.26. The number of hydrogen-bond donors (Lipinski definition) is 0. The third-order valence-corrected chi connectivity index (χ3v) is 4.93. The van der Waals surface area contributed by atoms with E-state index in [-0.39, 0.29) is 5.91 Å². The van der Waals surface area contributed by atoms with Crippen molar-refractivity contribution in [1.29, 1.82) is 0 Å². The number of hydrogen-bond acceptors (Lipinski definition) is 3. The average Bonchev–Trinajstić information content (AvgIpc) is 2.62. The Morgan fingerprint density at radius 2 is 1.79 bits per heavy atom. The normalized spacial score (nSPS) is 15.3. The molecule has 24 heavy (non-hydrogen) atoms. The van der Waals surface area contributed by atoms with Crippen LogP contribution in [0.5, 0.6) is 5.75 Å². The molecular weight excluding hydrogens is 368 g/mol. The second-order valence-electron chi connectivity index (χ2n) is 5.90. The first-order chi connectivity index (χ1) is 11.7. The third kappa shape index (κ3) is 3.97. The van der Waals surface area contributed by atoms with Crippen LogP contribution in [-0.4, -0.2) is 49.0 Å². The molecule has 3 rings (SSSR count). The minimum Gasteiger partial charge on any atom is -0.496 e. The minimum absolute atomic E-state index is 0.0812. The minimum atomic E-state index is 0.0812. The van der Waals surface area contributed by atoms with Crippen LogP contribution in [0.4, 0.5) is 0 Å². The maximum Gasteiger partial charge on any atom is 0.253 e. The van der Waals surface area contributed by atoms with E-state index in [0.29, 0.717) is 5.56 Å². The number of methoxy groups -OCH3 is 1. The summed E-state index contributed by atoms with van der Waals surface area (Å²) in [5.74, 6) is 0.817. The summed E-state index contributed by atoms with van der Waals surface area (Å²) >= 11 is 3.44. The number of rotatable bonds is 4. The number of halogens is 1. The molecule has 1 aliphatic heterocycles. The van der Waals surface area contributed by atoms with Gasteiger partial charge in [0.2, 0.25) is 0 Å². The maximum atomic E-state index is 12.7. The zero-order valence-corrected chi connectivity index (χ0v) is 15.3. The van der Waals surface area contributed by atoms with E-state index in [2.05, 4.69) is 45.1 Å². The van der Waals surface area contributed by atoms with Gasteiger partial charge in [0, 0.05) is 38.3 Å². The number of carbonyl (C=O) groups excluding carboxylic acids is 1. The molecule has 0 saturated carbocycles. The predicted molar refractivity (Wildman–Crippen MR) is 98.3 cm³/mol. The van der Waals surface area contributed by atoms with E-state index in [1.807, 2.05) is 29.2 Å². The summed E-state index contributed by atoms with van der Waals surface area (Å²) < 4.78 is 6.02. The van der Waals surface area contributed by atoms with Crippen molar-refractivity contribution in [3.8, 4) is 5.75 Å². The van der Waals surface area contributed by atoms with Crippen LogP contribution in [0.15, 0.2) is 53.0 Å². The Bertz CT molecular complexity index is 698. The molecular formula is C19H21BrN2O2. The Morgan fingerprint density at radius 1 is 1.08 bits per heavy atom. The molecule has 0 radical (unpaired) electrons. The number of benzene rings is 2. The number of nitrogens with zero attached hydrogens (tertiary/aromatic N) is 2. The van der Waals surface area contributed by atoms with Crippen LogP contribution in [0.25, 0.3) is 0 Å². The largest absolute Gasteiger partial charge is 0.496 e. The highest BCUT2D eigenvalue weighted by molar-refractivity contribution is 9.10. The van der Waals surface area contributed by atoms with Crippen LogP contribution in [-0.2, 0) is 6.54 Å². The lowest BCUT2D eigenvalue weighted by Crippen LogP contribution is -2.48. The molecule has 0 unspecified atom stereocenters. The van der Waals surface area contributed by atoms with Crippen LogP contribution >= 0.6 is 15.9 Å². The van der Waals surface area contributed by atoms with Gasteiger partial charge in [0.05, 0.1) is 11.6 Å². The molecule has 0 N–H and O–H groups in total. The standard InChI is InChI=1S/C19H21BrN2O2/c1-24-18-8-7-16(13-17(18)20)19(23)22-11-9-21(10-12-22)14-15-5-3-2-4-6-15/h2-8,13H,9-12,14H2,1H3. The molecule has 0 spiro atoms. The van der Waals surface area contributed by atoms with Crippen molar-refractivity contribution < 1.29 is 9.53 Å². The third-order valence-electron chi connectivity index (χ3n) is 4.31. The Balaban J connectivity index is 1.58. The molecule has 1 amide bonds. The molecule has 5 heteroatoms. The molecule has 1 aliphatic rings. The van der Waals surface area contributed by atoms with Gasteiger partial charge < -0.3 is 9.64 Å². The van der Waals surface area contributed by atoms with Crippen molar-refractivity contribution in [2.45, 2.75) is 6.54 Å². The van der Waals surface area contributed by atoms with Crippen molar-refractivity contribution >= 4 is 21.8 Å². The van der Waals surface area contributed by atoms with E-state index in [9.17, 15) is 4.79 Å². The zero-order valence-electron chi connectivity index (χ0n) is 13.7. The van der Waals surface area contributed by atoms with E-state index in [1.54, 1.807) is 7.11 Å².